The number of halogens is 1. The molecule has 0 aliphatic carbocycles. The van der Waals surface area contributed by atoms with Crippen molar-refractivity contribution in [3.8, 4) is 0 Å². The van der Waals surface area contributed by atoms with E-state index in [0.717, 1.165) is 16.9 Å². The fourth-order valence-corrected chi connectivity index (χ4v) is 8.14. The van der Waals surface area contributed by atoms with Gasteiger partial charge in [-0.25, -0.2) is 0 Å². The van der Waals surface area contributed by atoms with E-state index < -0.39 is 13.9 Å². The molecule has 10 heteroatoms. The van der Waals surface area contributed by atoms with Gasteiger partial charge in [0.15, 0.2) is 13.9 Å². The number of aliphatic hydroxyl groups is 1. The maximum Gasteiger partial charge on any atom is 0.264 e. The number of hydrogen-bond acceptors (Lipinski definition) is 6. The molecule has 2 aliphatic heterocycles. The highest BCUT2D eigenvalue weighted by Gasteiger charge is 2.65. The highest BCUT2D eigenvalue weighted by atomic mass is 35.5. The second kappa shape index (κ2) is 7.97. The molecule has 31 heavy (non-hydrogen) atoms. The van der Waals surface area contributed by atoms with Gasteiger partial charge in [-0.15, -0.1) is 5.10 Å². The molecule has 1 amide bonds. The van der Waals surface area contributed by atoms with Gasteiger partial charge in [0.2, 0.25) is 0 Å². The van der Waals surface area contributed by atoms with Crippen LogP contribution >= 0.6 is 11.6 Å². The smallest absolute Gasteiger partial charge is 0.264 e. The number of fused-ring (bicyclic) bond motifs is 2. The van der Waals surface area contributed by atoms with Crippen molar-refractivity contribution >= 4 is 31.5 Å². The highest BCUT2D eigenvalue weighted by Crippen LogP contribution is 2.59. The summed E-state index contributed by atoms with van der Waals surface area (Å²) < 4.78 is 8.35. The van der Waals surface area contributed by atoms with E-state index in [9.17, 15) is 9.59 Å². The Morgan fingerprint density at radius 3 is 2.77 bits per heavy atom. The molecule has 2 aliphatic rings. The predicted molar refractivity (Wildman–Crippen MR) is 119 cm³/mol. The number of carbonyl (C=O) groups excluding carboxylic acids is 1. The number of nitrogens with zero attached hydrogens (tertiary/aromatic N) is 4. The van der Waals surface area contributed by atoms with Crippen molar-refractivity contribution in [1.29, 1.82) is 0 Å². The van der Waals surface area contributed by atoms with Crippen molar-refractivity contribution in [2.24, 2.45) is 5.92 Å². The first-order valence-electron chi connectivity index (χ1n) is 10.6. The summed E-state index contributed by atoms with van der Waals surface area (Å²) in [5.74, 6) is -0.325. The van der Waals surface area contributed by atoms with Crippen LogP contribution in [0.4, 0.5) is 5.69 Å². The molecule has 168 valence electrons. The lowest BCUT2D eigenvalue weighted by Crippen LogP contribution is -2.45. The molecule has 1 spiro atoms. The molecule has 0 bridgehead atoms. The van der Waals surface area contributed by atoms with E-state index in [0.29, 0.717) is 24.4 Å². The number of ether oxygens (including phenoxy) is 1. The van der Waals surface area contributed by atoms with Gasteiger partial charge in [0, 0.05) is 54.9 Å². The van der Waals surface area contributed by atoms with Crippen molar-refractivity contribution in [3.05, 3.63) is 40.7 Å². The van der Waals surface area contributed by atoms with Gasteiger partial charge in [-0.05, 0) is 37.7 Å². The van der Waals surface area contributed by atoms with Gasteiger partial charge in [0.25, 0.3) is 5.91 Å². The van der Waals surface area contributed by atoms with Crippen molar-refractivity contribution < 1.29 is 19.4 Å². The molecule has 2 aromatic rings. The van der Waals surface area contributed by atoms with Gasteiger partial charge in [0.1, 0.15) is 0 Å². The van der Waals surface area contributed by atoms with Gasteiger partial charge >= 0.3 is 0 Å². The number of aromatic nitrogens is 3. The lowest BCUT2D eigenvalue weighted by Gasteiger charge is -2.32. The lowest BCUT2D eigenvalue weighted by atomic mass is 9.82. The van der Waals surface area contributed by atoms with Gasteiger partial charge in [0.05, 0.1) is 17.5 Å². The lowest BCUT2D eigenvalue weighted by molar-refractivity contribution is -0.145. The van der Waals surface area contributed by atoms with Crippen LogP contribution in [0.3, 0.4) is 0 Å². The average Bonchev–Trinajstić information content (AvgIpc) is 3.32. The van der Waals surface area contributed by atoms with Crippen LogP contribution in [-0.2, 0) is 28.1 Å². The third kappa shape index (κ3) is 3.62. The van der Waals surface area contributed by atoms with Crippen LogP contribution < -0.4 is 4.90 Å². The summed E-state index contributed by atoms with van der Waals surface area (Å²) in [7, 11) is -0.931. The summed E-state index contributed by atoms with van der Waals surface area (Å²) in [6.45, 7) is 6.38. The molecule has 8 nitrogen and oxygen atoms in total. The summed E-state index contributed by atoms with van der Waals surface area (Å²) in [6, 6.07) is 5.44. The number of aryl methyl sites for hydroxylation is 1. The molecule has 2 N–H and O–H groups in total. The standard InChI is InChI=1S/C21H29ClN4O4Si/c1-13-19(31(3,4)29)18(7-9-26-12-15(8-10-27)23-24-26)30-21(13)16-11-14(22)5-6-17(16)25(2)20(21)28/h5-6,11-13,18-19,27,29H,7-10H2,1-4H3/t13-,18+,19-,21+/m1/s1. The molecule has 4 rings (SSSR count). The first-order valence-corrected chi connectivity index (χ1v) is 14.0. The van der Waals surface area contributed by atoms with Crippen LogP contribution in [0, 0.1) is 5.92 Å². The normalized spacial score (nSPS) is 28.0. The minimum atomic E-state index is -2.68. The van der Waals surface area contributed by atoms with Gasteiger partial charge < -0.3 is 19.5 Å². The zero-order valence-corrected chi connectivity index (χ0v) is 20.0. The van der Waals surface area contributed by atoms with Crippen LogP contribution in [0.2, 0.25) is 23.7 Å². The van der Waals surface area contributed by atoms with E-state index in [1.165, 1.54) is 0 Å². The van der Waals surface area contributed by atoms with E-state index in [2.05, 4.69) is 10.3 Å². The fourth-order valence-electron chi connectivity index (χ4n) is 5.36. The molecule has 0 saturated carbocycles. The van der Waals surface area contributed by atoms with E-state index in [-0.39, 0.29) is 30.1 Å². The minimum Gasteiger partial charge on any atom is -0.432 e. The van der Waals surface area contributed by atoms with Crippen LogP contribution in [0.15, 0.2) is 24.4 Å². The average molecular weight is 465 g/mol. The summed E-state index contributed by atoms with van der Waals surface area (Å²) in [6.07, 6.45) is 2.54. The number of rotatable bonds is 6. The Bertz CT molecular complexity index is 994. The second-order valence-corrected chi connectivity index (χ2v) is 13.5. The zero-order chi connectivity index (χ0) is 22.6. The molecule has 1 saturated heterocycles. The molecule has 1 fully saturated rings. The van der Waals surface area contributed by atoms with Gasteiger partial charge in [-0.2, -0.15) is 0 Å². The number of amides is 1. The minimum absolute atomic E-state index is 0.0223. The van der Waals surface area contributed by atoms with Crippen LogP contribution in [0.1, 0.15) is 24.6 Å². The van der Waals surface area contributed by atoms with Crippen LogP contribution in [0.25, 0.3) is 0 Å². The number of likely N-dealkylation sites (N-methyl/N-ethyl adjacent to an activating group) is 1. The molecule has 0 unspecified atom stereocenters. The van der Waals surface area contributed by atoms with E-state index >= 15 is 0 Å². The Balaban J connectivity index is 1.67. The number of hydrogen-bond donors (Lipinski definition) is 2. The summed E-state index contributed by atoms with van der Waals surface area (Å²) in [5, 5.41) is 17.8. The summed E-state index contributed by atoms with van der Waals surface area (Å²) in [4.78, 5) is 26.3. The molecule has 0 radical (unpaired) electrons. The van der Waals surface area contributed by atoms with Crippen molar-refractivity contribution in [2.45, 2.75) is 56.7 Å². The van der Waals surface area contributed by atoms with Crippen molar-refractivity contribution in [2.75, 3.05) is 18.6 Å². The Labute approximate surface area is 187 Å². The molecule has 1 aromatic carbocycles. The topological polar surface area (TPSA) is 101 Å². The third-order valence-corrected chi connectivity index (χ3v) is 9.41. The Morgan fingerprint density at radius 1 is 1.35 bits per heavy atom. The molecular weight excluding hydrogens is 436 g/mol. The molecule has 3 heterocycles. The van der Waals surface area contributed by atoms with Crippen LogP contribution in [0.5, 0.6) is 0 Å². The van der Waals surface area contributed by atoms with Gasteiger partial charge in [-0.3, -0.25) is 9.48 Å². The molecular formula is C21H29ClN4O4Si. The van der Waals surface area contributed by atoms with E-state index in [1.54, 1.807) is 22.7 Å². The Morgan fingerprint density at radius 2 is 2.10 bits per heavy atom. The number of anilines is 1. The molecule has 4 atom stereocenters. The fraction of sp³-hybridized carbons (Fsp3) is 0.571. The molecule has 1 aromatic heterocycles. The summed E-state index contributed by atoms with van der Waals surface area (Å²) >= 11 is 6.30. The monoisotopic (exact) mass is 464 g/mol. The quantitative estimate of drug-likeness (QED) is 0.636. The maximum atomic E-state index is 13.5. The maximum absolute atomic E-state index is 13.5. The van der Waals surface area contributed by atoms with E-state index in [4.69, 9.17) is 21.4 Å². The number of benzene rings is 1. The Hall–Kier alpha value is -1.78. The first-order chi connectivity index (χ1) is 14.6. The van der Waals surface area contributed by atoms with E-state index in [1.807, 2.05) is 38.3 Å². The first kappa shape index (κ1) is 22.4. The van der Waals surface area contributed by atoms with Crippen LogP contribution in [-0.4, -0.2) is 58.9 Å². The highest BCUT2D eigenvalue weighted by molar-refractivity contribution is 6.71. The van der Waals surface area contributed by atoms with Crippen molar-refractivity contribution in [3.63, 3.8) is 0 Å². The Kier molecular flexibility index (Phi) is 5.76. The number of carbonyl (C=O) groups is 1. The largest absolute Gasteiger partial charge is 0.432 e. The number of aliphatic hydroxyl groups excluding tert-OH is 1. The van der Waals surface area contributed by atoms with Gasteiger partial charge in [-0.1, -0.05) is 23.7 Å². The second-order valence-electron chi connectivity index (χ2n) is 9.12. The van der Waals surface area contributed by atoms with Crippen molar-refractivity contribution in [1.82, 2.24) is 15.0 Å². The third-order valence-electron chi connectivity index (χ3n) is 6.67. The zero-order valence-electron chi connectivity index (χ0n) is 18.2. The predicted octanol–water partition coefficient (Wildman–Crippen LogP) is 2.33. The summed E-state index contributed by atoms with van der Waals surface area (Å²) in [5.41, 5.74) is 1.00. The SMILES string of the molecule is C[C@@H]1[C@@H]([Si](C)(C)O)[C@H](CCn2cc(CCO)nn2)O[C@@]12C(=O)N(C)c1ccc(Cl)cc12.